The van der Waals surface area contributed by atoms with Crippen molar-refractivity contribution < 1.29 is 22.9 Å². The van der Waals surface area contributed by atoms with Crippen molar-refractivity contribution in [3.63, 3.8) is 0 Å². The van der Waals surface area contributed by atoms with E-state index in [0.29, 0.717) is 37.7 Å². The van der Waals surface area contributed by atoms with Crippen LogP contribution in [0, 0.1) is 17.0 Å². The van der Waals surface area contributed by atoms with Crippen LogP contribution in [-0.2, 0) is 6.18 Å². The van der Waals surface area contributed by atoms with Gasteiger partial charge < -0.3 is 9.80 Å². The Labute approximate surface area is 173 Å². The molecule has 0 radical (unpaired) electrons. The van der Waals surface area contributed by atoms with E-state index in [0.717, 1.165) is 12.3 Å². The van der Waals surface area contributed by atoms with Gasteiger partial charge in [-0.25, -0.2) is 9.97 Å². The number of aromatic nitrogens is 3. The molecule has 12 heteroatoms. The van der Waals surface area contributed by atoms with Crippen LogP contribution in [0.25, 0.3) is 5.65 Å². The fourth-order valence-electron chi connectivity index (χ4n) is 3.55. The Balaban J connectivity index is 1.53. The summed E-state index contributed by atoms with van der Waals surface area (Å²) < 4.78 is 40.5. The number of pyridine rings is 2. The summed E-state index contributed by atoms with van der Waals surface area (Å²) in [6, 6.07) is 5.08. The third kappa shape index (κ3) is 3.88. The molecule has 0 saturated carbocycles. The summed E-state index contributed by atoms with van der Waals surface area (Å²) in [4.78, 5) is 35.1. The number of piperazine rings is 1. The van der Waals surface area contributed by atoms with Gasteiger partial charge in [-0.1, -0.05) is 0 Å². The van der Waals surface area contributed by atoms with Gasteiger partial charge in [0.2, 0.25) is 0 Å². The maximum absolute atomic E-state index is 13.1. The first-order valence-electron chi connectivity index (χ1n) is 9.36. The van der Waals surface area contributed by atoms with Crippen molar-refractivity contribution in [1.82, 2.24) is 19.3 Å². The molecule has 3 aromatic heterocycles. The molecule has 4 rings (SSSR count). The molecule has 9 nitrogen and oxygen atoms in total. The lowest BCUT2D eigenvalue weighted by atomic mass is 10.2. The van der Waals surface area contributed by atoms with E-state index in [-0.39, 0.29) is 17.0 Å². The Kier molecular flexibility index (Phi) is 4.99. The Bertz CT molecular complexity index is 1150. The van der Waals surface area contributed by atoms with Crippen molar-refractivity contribution >= 4 is 23.1 Å². The standard InChI is InChI=1S/C19H17F3N6O3/c1-12-17(27-11-13(19(20,21)22)2-4-16(27)24-12)18(29)26-8-6-25(7-9-26)15-5-3-14(10-23-15)28(30)31/h2-5,10-11H,6-9H2,1H3. The molecule has 3 aromatic rings. The summed E-state index contributed by atoms with van der Waals surface area (Å²) >= 11 is 0. The highest BCUT2D eigenvalue weighted by molar-refractivity contribution is 5.95. The zero-order valence-electron chi connectivity index (χ0n) is 16.3. The van der Waals surface area contributed by atoms with Crippen LogP contribution in [-0.4, -0.2) is 56.3 Å². The summed E-state index contributed by atoms with van der Waals surface area (Å²) in [5.74, 6) is 0.152. The van der Waals surface area contributed by atoms with Crippen LogP contribution in [0.3, 0.4) is 0 Å². The van der Waals surface area contributed by atoms with Crippen molar-refractivity contribution in [3.05, 3.63) is 63.7 Å². The number of hydrogen-bond acceptors (Lipinski definition) is 6. The van der Waals surface area contributed by atoms with E-state index in [4.69, 9.17) is 0 Å². The molecule has 1 amide bonds. The zero-order chi connectivity index (χ0) is 22.3. The molecule has 1 fully saturated rings. The summed E-state index contributed by atoms with van der Waals surface area (Å²) in [6.07, 6.45) is -2.47. The number of halogens is 3. The molecular weight excluding hydrogens is 417 g/mol. The number of fused-ring (bicyclic) bond motifs is 1. The van der Waals surface area contributed by atoms with Crippen LogP contribution in [0.2, 0.25) is 0 Å². The number of amides is 1. The van der Waals surface area contributed by atoms with Crippen molar-refractivity contribution in [2.45, 2.75) is 13.1 Å². The molecule has 0 N–H and O–H groups in total. The van der Waals surface area contributed by atoms with Crippen LogP contribution < -0.4 is 4.90 Å². The predicted molar refractivity (Wildman–Crippen MR) is 104 cm³/mol. The smallest absolute Gasteiger partial charge is 0.353 e. The summed E-state index contributed by atoms with van der Waals surface area (Å²) in [7, 11) is 0. The molecule has 0 atom stereocenters. The summed E-state index contributed by atoms with van der Waals surface area (Å²) in [6.45, 7) is 3.09. The molecule has 0 unspecified atom stereocenters. The van der Waals surface area contributed by atoms with Crippen molar-refractivity contribution in [1.29, 1.82) is 0 Å². The highest BCUT2D eigenvalue weighted by Gasteiger charge is 2.32. The first-order chi connectivity index (χ1) is 14.6. The molecule has 0 bridgehead atoms. The van der Waals surface area contributed by atoms with Crippen molar-refractivity contribution in [3.8, 4) is 0 Å². The second-order valence-corrected chi connectivity index (χ2v) is 7.10. The minimum Gasteiger partial charge on any atom is -0.353 e. The van der Waals surface area contributed by atoms with Crippen molar-refractivity contribution in [2.75, 3.05) is 31.1 Å². The van der Waals surface area contributed by atoms with Gasteiger partial charge in [0.15, 0.2) is 0 Å². The number of alkyl halides is 3. The third-order valence-corrected chi connectivity index (χ3v) is 5.16. The van der Waals surface area contributed by atoms with Gasteiger partial charge in [-0.2, -0.15) is 13.2 Å². The minimum absolute atomic E-state index is 0.100. The number of aryl methyl sites for hydroxylation is 1. The van der Waals surface area contributed by atoms with Gasteiger partial charge in [0.05, 0.1) is 16.2 Å². The van der Waals surface area contributed by atoms with E-state index in [1.807, 2.05) is 4.90 Å². The van der Waals surface area contributed by atoms with Crippen LogP contribution in [0.1, 0.15) is 21.7 Å². The van der Waals surface area contributed by atoms with Gasteiger partial charge in [-0.3, -0.25) is 19.3 Å². The Hall–Kier alpha value is -3.70. The van der Waals surface area contributed by atoms with Gasteiger partial charge >= 0.3 is 6.18 Å². The normalized spacial score (nSPS) is 14.8. The quantitative estimate of drug-likeness (QED) is 0.465. The van der Waals surface area contributed by atoms with Crippen LogP contribution in [0.5, 0.6) is 0 Å². The Morgan fingerprint density at radius 2 is 1.84 bits per heavy atom. The zero-order valence-corrected chi connectivity index (χ0v) is 16.3. The highest BCUT2D eigenvalue weighted by Crippen LogP contribution is 2.30. The molecule has 162 valence electrons. The first kappa shape index (κ1) is 20.6. The molecule has 31 heavy (non-hydrogen) atoms. The fraction of sp³-hybridized carbons (Fsp3) is 0.316. The number of nitro groups is 1. The lowest BCUT2D eigenvalue weighted by Gasteiger charge is -2.35. The molecule has 0 spiro atoms. The maximum atomic E-state index is 13.1. The Morgan fingerprint density at radius 1 is 1.13 bits per heavy atom. The molecular formula is C19H17F3N6O3. The van der Waals surface area contributed by atoms with E-state index in [2.05, 4.69) is 9.97 Å². The number of carbonyl (C=O) groups excluding carboxylic acids is 1. The fourth-order valence-corrected chi connectivity index (χ4v) is 3.55. The van der Waals surface area contributed by atoms with E-state index in [1.54, 1.807) is 17.9 Å². The molecule has 4 heterocycles. The maximum Gasteiger partial charge on any atom is 0.417 e. The van der Waals surface area contributed by atoms with Crippen LogP contribution in [0.4, 0.5) is 24.7 Å². The average molecular weight is 434 g/mol. The van der Waals surface area contributed by atoms with Gasteiger partial charge in [0.25, 0.3) is 11.6 Å². The minimum atomic E-state index is -4.53. The molecule has 0 aromatic carbocycles. The monoisotopic (exact) mass is 434 g/mol. The molecule has 1 aliphatic heterocycles. The highest BCUT2D eigenvalue weighted by atomic mass is 19.4. The van der Waals surface area contributed by atoms with E-state index in [9.17, 15) is 28.1 Å². The SMILES string of the molecule is Cc1nc2ccc(C(F)(F)F)cn2c1C(=O)N1CCN(c2ccc([N+](=O)[O-])cn2)CC1. The summed E-state index contributed by atoms with van der Waals surface area (Å²) in [5.41, 5.74) is -0.256. The number of imidazole rings is 1. The average Bonchev–Trinajstić information content (AvgIpc) is 3.07. The molecule has 1 aliphatic rings. The van der Waals surface area contributed by atoms with Gasteiger partial charge in [-0.15, -0.1) is 0 Å². The number of carbonyl (C=O) groups is 1. The molecule has 0 aliphatic carbocycles. The van der Waals surface area contributed by atoms with Gasteiger partial charge in [0, 0.05) is 38.4 Å². The first-order valence-corrected chi connectivity index (χ1v) is 9.36. The van der Waals surface area contributed by atoms with Gasteiger partial charge in [-0.05, 0) is 25.1 Å². The topological polar surface area (TPSA) is 96.9 Å². The van der Waals surface area contributed by atoms with E-state index < -0.39 is 22.6 Å². The van der Waals surface area contributed by atoms with Crippen molar-refractivity contribution in [2.24, 2.45) is 0 Å². The lowest BCUT2D eigenvalue weighted by Crippen LogP contribution is -2.49. The van der Waals surface area contributed by atoms with Gasteiger partial charge in [0.1, 0.15) is 23.4 Å². The van der Waals surface area contributed by atoms with E-state index in [1.165, 1.54) is 22.7 Å². The number of rotatable bonds is 3. The lowest BCUT2D eigenvalue weighted by molar-refractivity contribution is -0.385. The number of anilines is 1. The predicted octanol–water partition coefficient (Wildman–Crippen LogP) is 2.93. The van der Waals surface area contributed by atoms with Crippen LogP contribution in [0.15, 0.2) is 36.7 Å². The number of nitrogens with zero attached hydrogens (tertiary/aromatic N) is 6. The third-order valence-electron chi connectivity index (χ3n) is 5.16. The van der Waals surface area contributed by atoms with E-state index >= 15 is 0 Å². The summed E-state index contributed by atoms with van der Waals surface area (Å²) in [5, 5.41) is 10.8. The Morgan fingerprint density at radius 3 is 2.42 bits per heavy atom. The second kappa shape index (κ2) is 7.52. The number of hydrogen-bond donors (Lipinski definition) is 0. The van der Waals surface area contributed by atoms with Crippen LogP contribution >= 0.6 is 0 Å². The largest absolute Gasteiger partial charge is 0.417 e. The second-order valence-electron chi connectivity index (χ2n) is 7.10. The molecule has 1 saturated heterocycles.